The fourth-order valence-corrected chi connectivity index (χ4v) is 6.07. The second kappa shape index (κ2) is 6.61. The lowest BCUT2D eigenvalue weighted by atomic mass is 10.1. The van der Waals surface area contributed by atoms with E-state index in [0.29, 0.717) is 24.3 Å². The fraction of sp³-hybridized carbons (Fsp3) is 0.529. The van der Waals surface area contributed by atoms with Gasteiger partial charge in [-0.2, -0.15) is 0 Å². The van der Waals surface area contributed by atoms with Crippen LogP contribution >= 0.6 is 11.6 Å². The van der Waals surface area contributed by atoms with Gasteiger partial charge >= 0.3 is 5.97 Å². The molecule has 1 saturated heterocycles. The highest BCUT2D eigenvalue weighted by molar-refractivity contribution is 7.93. The predicted octanol–water partition coefficient (Wildman–Crippen LogP) is 2.36. The van der Waals surface area contributed by atoms with Gasteiger partial charge in [0.15, 0.2) is 14.6 Å². The summed E-state index contributed by atoms with van der Waals surface area (Å²) in [6.45, 7) is 0.361. The highest BCUT2D eigenvalue weighted by atomic mass is 35.5. The lowest BCUT2D eigenvalue weighted by Crippen LogP contribution is -2.51. The third kappa shape index (κ3) is 3.04. The number of carboxylic acid groups (broad SMARTS) is 1. The maximum Gasteiger partial charge on any atom is 0.308 e. The molecule has 6 nitrogen and oxygen atoms in total. The molecule has 1 aliphatic carbocycles. The zero-order valence-corrected chi connectivity index (χ0v) is 15.2. The Morgan fingerprint density at radius 1 is 1.16 bits per heavy atom. The zero-order chi connectivity index (χ0) is 18.2. The van der Waals surface area contributed by atoms with Crippen LogP contribution in [0.1, 0.15) is 32.1 Å². The van der Waals surface area contributed by atoms with Crippen LogP contribution in [0, 0.1) is 5.92 Å². The quantitative estimate of drug-likeness (QED) is 0.858. The zero-order valence-electron chi connectivity index (χ0n) is 13.7. The number of nitrogens with zero attached hydrogens (tertiary/aromatic N) is 1. The molecule has 0 aromatic heterocycles. The molecule has 25 heavy (non-hydrogen) atoms. The van der Waals surface area contributed by atoms with Gasteiger partial charge < -0.3 is 10.0 Å². The Hall–Kier alpha value is -1.60. The number of hydrogen-bond donors (Lipinski definition) is 1. The van der Waals surface area contributed by atoms with E-state index in [4.69, 9.17) is 16.7 Å². The minimum atomic E-state index is -3.89. The molecule has 2 fully saturated rings. The van der Waals surface area contributed by atoms with Crippen molar-refractivity contribution in [3.05, 3.63) is 29.3 Å². The molecule has 1 amide bonds. The molecule has 1 atom stereocenters. The van der Waals surface area contributed by atoms with E-state index < -0.39 is 32.4 Å². The maximum atomic E-state index is 13.3. The maximum absolute atomic E-state index is 13.3. The van der Waals surface area contributed by atoms with Crippen molar-refractivity contribution in [2.45, 2.75) is 41.7 Å². The summed E-state index contributed by atoms with van der Waals surface area (Å²) >= 11 is 5.84. The predicted molar refractivity (Wildman–Crippen MR) is 92.2 cm³/mol. The Bertz CT molecular complexity index is 784. The minimum Gasteiger partial charge on any atom is -0.481 e. The number of carbonyl (C=O) groups is 2. The number of carboxylic acids is 1. The van der Waals surface area contributed by atoms with Gasteiger partial charge in [0.2, 0.25) is 5.91 Å². The SMILES string of the molecule is O=C(O)[C@@H]1CCN(C(=O)C2(S(=O)(=O)c3ccc(Cl)cc3)CCCC2)C1. The Labute approximate surface area is 151 Å². The molecule has 1 N–H and O–H groups in total. The van der Waals surface area contributed by atoms with Crippen molar-refractivity contribution in [3.63, 3.8) is 0 Å². The molecule has 1 aliphatic heterocycles. The van der Waals surface area contributed by atoms with E-state index >= 15 is 0 Å². The van der Waals surface area contributed by atoms with Crippen molar-refractivity contribution in [2.75, 3.05) is 13.1 Å². The first kappa shape index (κ1) is 18.2. The van der Waals surface area contributed by atoms with Crippen LogP contribution in [0.2, 0.25) is 5.02 Å². The number of amides is 1. The van der Waals surface area contributed by atoms with Crippen LogP contribution in [-0.2, 0) is 19.4 Å². The average molecular weight is 386 g/mol. The molecule has 0 radical (unpaired) electrons. The van der Waals surface area contributed by atoms with Gasteiger partial charge in [0, 0.05) is 18.1 Å². The molecule has 0 bridgehead atoms. The molecule has 3 rings (SSSR count). The highest BCUT2D eigenvalue weighted by Gasteiger charge is 2.55. The van der Waals surface area contributed by atoms with Gasteiger partial charge in [-0.15, -0.1) is 0 Å². The van der Waals surface area contributed by atoms with Crippen molar-refractivity contribution >= 4 is 33.3 Å². The van der Waals surface area contributed by atoms with Crippen molar-refractivity contribution in [1.82, 2.24) is 4.90 Å². The van der Waals surface area contributed by atoms with Gasteiger partial charge in [-0.05, 0) is 43.5 Å². The minimum absolute atomic E-state index is 0.0755. The van der Waals surface area contributed by atoms with Crippen LogP contribution in [0.25, 0.3) is 0 Å². The summed E-state index contributed by atoms with van der Waals surface area (Å²) in [6, 6.07) is 5.85. The largest absolute Gasteiger partial charge is 0.481 e. The number of halogens is 1. The summed E-state index contributed by atoms with van der Waals surface area (Å²) < 4.78 is 25.1. The van der Waals surface area contributed by atoms with Gasteiger partial charge in [0.05, 0.1) is 10.8 Å². The lowest BCUT2D eigenvalue weighted by Gasteiger charge is -2.32. The van der Waals surface area contributed by atoms with Crippen LogP contribution in [0.4, 0.5) is 0 Å². The number of sulfone groups is 1. The first-order valence-corrected chi connectivity index (χ1v) is 10.2. The smallest absolute Gasteiger partial charge is 0.308 e. The van der Waals surface area contributed by atoms with Gasteiger partial charge in [0.1, 0.15) is 0 Å². The molecular formula is C17H20ClNO5S. The van der Waals surface area contributed by atoms with Crippen LogP contribution in [-0.4, -0.2) is 48.1 Å². The van der Waals surface area contributed by atoms with E-state index in [1.807, 2.05) is 0 Å². The molecule has 0 spiro atoms. The molecule has 1 saturated carbocycles. The summed E-state index contributed by atoms with van der Waals surface area (Å²) in [6.07, 6.45) is 2.22. The van der Waals surface area contributed by atoms with E-state index in [-0.39, 0.29) is 30.8 Å². The Kier molecular flexibility index (Phi) is 4.81. The van der Waals surface area contributed by atoms with E-state index in [1.165, 1.54) is 29.2 Å². The molecule has 1 heterocycles. The van der Waals surface area contributed by atoms with E-state index in [1.54, 1.807) is 0 Å². The van der Waals surface area contributed by atoms with Gasteiger partial charge in [0.25, 0.3) is 0 Å². The Morgan fingerprint density at radius 3 is 2.28 bits per heavy atom. The lowest BCUT2D eigenvalue weighted by molar-refractivity contribution is -0.141. The van der Waals surface area contributed by atoms with Gasteiger partial charge in [-0.1, -0.05) is 24.4 Å². The molecule has 2 aliphatic rings. The van der Waals surface area contributed by atoms with Crippen molar-refractivity contribution in [2.24, 2.45) is 5.92 Å². The molecular weight excluding hydrogens is 366 g/mol. The van der Waals surface area contributed by atoms with E-state index in [2.05, 4.69) is 0 Å². The average Bonchev–Trinajstić information content (AvgIpc) is 3.25. The Morgan fingerprint density at radius 2 is 1.76 bits per heavy atom. The Balaban J connectivity index is 1.95. The van der Waals surface area contributed by atoms with Crippen LogP contribution in [0.3, 0.4) is 0 Å². The number of aliphatic carboxylic acids is 1. The van der Waals surface area contributed by atoms with Crippen LogP contribution in [0.15, 0.2) is 29.2 Å². The third-order valence-corrected chi connectivity index (χ3v) is 8.02. The van der Waals surface area contributed by atoms with Crippen LogP contribution < -0.4 is 0 Å². The summed E-state index contributed by atoms with van der Waals surface area (Å²) in [5.41, 5.74) is 0. The van der Waals surface area contributed by atoms with Crippen molar-refractivity contribution in [1.29, 1.82) is 0 Å². The highest BCUT2D eigenvalue weighted by Crippen LogP contribution is 2.42. The van der Waals surface area contributed by atoms with E-state index in [0.717, 1.165) is 0 Å². The fourth-order valence-electron chi connectivity index (χ4n) is 3.82. The van der Waals surface area contributed by atoms with Gasteiger partial charge in [-0.25, -0.2) is 8.42 Å². The van der Waals surface area contributed by atoms with E-state index in [9.17, 15) is 18.0 Å². The molecule has 1 aromatic carbocycles. The van der Waals surface area contributed by atoms with Crippen LogP contribution in [0.5, 0.6) is 0 Å². The summed E-state index contributed by atoms with van der Waals surface area (Å²) in [5, 5.41) is 9.56. The summed E-state index contributed by atoms with van der Waals surface area (Å²) in [4.78, 5) is 25.8. The second-order valence-corrected chi connectivity index (χ2v) is 9.43. The number of hydrogen-bond acceptors (Lipinski definition) is 4. The monoisotopic (exact) mass is 385 g/mol. The van der Waals surface area contributed by atoms with Crippen molar-refractivity contribution in [3.8, 4) is 0 Å². The third-order valence-electron chi connectivity index (χ3n) is 5.26. The number of rotatable bonds is 4. The molecule has 0 unspecified atom stereocenters. The topological polar surface area (TPSA) is 91.8 Å². The van der Waals surface area contributed by atoms with Crippen molar-refractivity contribution < 1.29 is 23.1 Å². The normalized spacial score (nSPS) is 22.9. The molecule has 1 aromatic rings. The standard InChI is InChI=1S/C17H20ClNO5S/c18-13-3-5-14(6-4-13)25(23,24)17(8-1-2-9-17)16(22)19-10-7-12(11-19)15(20)21/h3-6,12H,1-2,7-11H2,(H,20,21)/t12-/m1/s1. The summed E-state index contributed by atoms with van der Waals surface area (Å²) in [5.74, 6) is -2.03. The van der Waals surface area contributed by atoms with Gasteiger partial charge in [-0.3, -0.25) is 9.59 Å². The number of benzene rings is 1. The first-order chi connectivity index (χ1) is 11.8. The summed E-state index contributed by atoms with van der Waals surface area (Å²) in [7, 11) is -3.89. The number of likely N-dealkylation sites (tertiary alicyclic amines) is 1. The second-order valence-electron chi connectivity index (χ2n) is 6.73. The molecule has 8 heteroatoms. The number of carbonyl (C=O) groups excluding carboxylic acids is 1. The first-order valence-electron chi connectivity index (χ1n) is 8.30. The molecule has 136 valence electrons.